The first-order valence-corrected chi connectivity index (χ1v) is 6.57. The minimum absolute atomic E-state index is 0.0178. The average Bonchev–Trinajstić information content (AvgIpc) is 2.31. The third kappa shape index (κ3) is 5.05. The Hall–Kier alpha value is -1.08. The number of hydrogen-bond donors (Lipinski definition) is 2. The molecule has 0 unspecified atom stereocenters. The van der Waals surface area contributed by atoms with Gasteiger partial charge in [-0.1, -0.05) is 12.2 Å². The summed E-state index contributed by atoms with van der Waals surface area (Å²) in [5, 5.41) is 12.3. The van der Waals surface area contributed by atoms with E-state index in [1.165, 1.54) is 6.07 Å². The van der Waals surface area contributed by atoms with Gasteiger partial charge in [0.1, 0.15) is 5.75 Å². The van der Waals surface area contributed by atoms with Crippen LogP contribution in [-0.4, -0.2) is 30.8 Å². The highest BCUT2D eigenvalue weighted by molar-refractivity contribution is 14.1. The molecule has 18 heavy (non-hydrogen) atoms. The van der Waals surface area contributed by atoms with Gasteiger partial charge in [-0.25, -0.2) is 0 Å². The van der Waals surface area contributed by atoms with E-state index in [9.17, 15) is 9.90 Å². The summed E-state index contributed by atoms with van der Waals surface area (Å²) in [5.74, 6) is -0.319. The Balaban J connectivity index is 2.41. The van der Waals surface area contributed by atoms with Crippen molar-refractivity contribution in [2.75, 3.05) is 19.8 Å². The van der Waals surface area contributed by atoms with Gasteiger partial charge in [-0.3, -0.25) is 4.79 Å². The molecule has 1 rings (SSSR count). The van der Waals surface area contributed by atoms with Crippen molar-refractivity contribution < 1.29 is 14.6 Å². The van der Waals surface area contributed by atoms with Gasteiger partial charge in [-0.05, 0) is 47.7 Å². The summed E-state index contributed by atoms with van der Waals surface area (Å²) in [7, 11) is 0. The predicted molar refractivity (Wildman–Crippen MR) is 78.8 cm³/mol. The van der Waals surface area contributed by atoms with Crippen molar-refractivity contribution in [3.05, 3.63) is 39.5 Å². The maximum absolute atomic E-state index is 11.8. The fourth-order valence-electron chi connectivity index (χ4n) is 1.27. The molecule has 5 heteroatoms. The van der Waals surface area contributed by atoms with Gasteiger partial charge >= 0.3 is 0 Å². The highest BCUT2D eigenvalue weighted by atomic mass is 127. The number of amides is 1. The molecule has 0 saturated heterocycles. The normalized spacial score (nSPS) is 10.1. The number of phenolic OH excluding ortho intramolecular Hbond substituents is 1. The maximum Gasteiger partial charge on any atom is 0.255 e. The van der Waals surface area contributed by atoms with E-state index in [0.29, 0.717) is 19.8 Å². The fourth-order valence-corrected chi connectivity index (χ4v) is 1.76. The molecule has 0 heterocycles. The summed E-state index contributed by atoms with van der Waals surface area (Å²) < 4.78 is 6.15. The maximum atomic E-state index is 11.8. The van der Waals surface area contributed by atoms with Crippen LogP contribution in [0.5, 0.6) is 5.75 Å². The number of aromatic hydroxyl groups is 1. The minimum Gasteiger partial charge on any atom is -0.507 e. The molecule has 2 N–H and O–H groups in total. The second-order valence-corrected chi connectivity index (χ2v) is 5.17. The van der Waals surface area contributed by atoms with Crippen LogP contribution in [0.15, 0.2) is 30.4 Å². The van der Waals surface area contributed by atoms with E-state index in [-0.39, 0.29) is 17.2 Å². The number of benzene rings is 1. The molecule has 0 bridgehead atoms. The average molecular weight is 361 g/mol. The van der Waals surface area contributed by atoms with E-state index in [1.54, 1.807) is 12.1 Å². The third-order valence-corrected chi connectivity index (χ3v) is 2.75. The zero-order chi connectivity index (χ0) is 13.5. The van der Waals surface area contributed by atoms with Gasteiger partial charge in [0.05, 0.1) is 18.8 Å². The summed E-state index contributed by atoms with van der Waals surface area (Å²) in [4.78, 5) is 11.8. The smallest absolute Gasteiger partial charge is 0.255 e. The van der Waals surface area contributed by atoms with Crippen molar-refractivity contribution in [3.63, 3.8) is 0 Å². The molecule has 1 amide bonds. The molecule has 0 saturated carbocycles. The Labute approximate surface area is 120 Å². The fraction of sp³-hybridized carbons (Fsp3) is 0.308. The summed E-state index contributed by atoms with van der Waals surface area (Å²) in [6.45, 7) is 6.90. The van der Waals surface area contributed by atoms with Crippen molar-refractivity contribution >= 4 is 28.5 Å². The quantitative estimate of drug-likeness (QED) is 0.465. The van der Waals surface area contributed by atoms with Gasteiger partial charge in [0, 0.05) is 10.1 Å². The molecule has 0 aromatic heterocycles. The molecule has 98 valence electrons. The highest BCUT2D eigenvalue weighted by Gasteiger charge is 2.10. The first kappa shape index (κ1) is 15.0. The summed E-state index contributed by atoms with van der Waals surface area (Å²) in [5.41, 5.74) is 1.22. The second-order valence-electron chi connectivity index (χ2n) is 3.93. The molecule has 4 nitrogen and oxygen atoms in total. The number of carbonyl (C=O) groups excluding carboxylic acids is 1. The lowest BCUT2D eigenvalue weighted by Crippen LogP contribution is -2.27. The molecule has 0 atom stereocenters. The van der Waals surface area contributed by atoms with Crippen LogP contribution in [0.4, 0.5) is 0 Å². The van der Waals surface area contributed by atoms with Crippen LogP contribution in [0.25, 0.3) is 0 Å². The van der Waals surface area contributed by atoms with Crippen molar-refractivity contribution in [3.8, 4) is 5.75 Å². The lowest BCUT2D eigenvalue weighted by atomic mass is 10.2. The van der Waals surface area contributed by atoms with Gasteiger partial charge < -0.3 is 15.2 Å². The van der Waals surface area contributed by atoms with Gasteiger partial charge in [0.15, 0.2) is 0 Å². The summed E-state index contributed by atoms with van der Waals surface area (Å²) in [6, 6.07) is 4.89. The number of ether oxygens (including phenoxy) is 1. The number of rotatable bonds is 6. The number of carbonyl (C=O) groups is 1. The molecule has 0 fully saturated rings. The monoisotopic (exact) mass is 361 g/mol. The predicted octanol–water partition coefficient (Wildman–Crippen LogP) is 2.32. The Morgan fingerprint density at radius 3 is 2.94 bits per heavy atom. The van der Waals surface area contributed by atoms with Crippen molar-refractivity contribution in [1.82, 2.24) is 5.32 Å². The molecule has 0 aliphatic rings. The first-order valence-electron chi connectivity index (χ1n) is 5.49. The van der Waals surface area contributed by atoms with E-state index in [4.69, 9.17) is 4.74 Å². The SMILES string of the molecule is C=C(C)COCCNC(=O)c1cc(I)ccc1O. The number of phenols is 1. The van der Waals surface area contributed by atoms with Crippen molar-refractivity contribution in [2.24, 2.45) is 0 Å². The number of hydrogen-bond acceptors (Lipinski definition) is 3. The van der Waals surface area contributed by atoms with Crippen LogP contribution >= 0.6 is 22.6 Å². The van der Waals surface area contributed by atoms with Crippen LogP contribution in [-0.2, 0) is 4.74 Å². The van der Waals surface area contributed by atoms with Gasteiger partial charge in [-0.15, -0.1) is 0 Å². The molecule has 1 aromatic rings. The zero-order valence-corrected chi connectivity index (χ0v) is 12.4. The van der Waals surface area contributed by atoms with E-state index in [1.807, 2.05) is 6.92 Å². The van der Waals surface area contributed by atoms with Gasteiger partial charge in [-0.2, -0.15) is 0 Å². The van der Waals surface area contributed by atoms with Crippen molar-refractivity contribution in [1.29, 1.82) is 0 Å². The molecule has 0 spiro atoms. The Bertz CT molecular complexity index is 446. The van der Waals surface area contributed by atoms with E-state index in [2.05, 4.69) is 34.5 Å². The second kappa shape index (κ2) is 7.38. The van der Waals surface area contributed by atoms with E-state index >= 15 is 0 Å². The van der Waals surface area contributed by atoms with Crippen LogP contribution in [0.3, 0.4) is 0 Å². The molecule has 0 aliphatic carbocycles. The molecule has 0 radical (unpaired) electrons. The van der Waals surface area contributed by atoms with Crippen LogP contribution in [0, 0.1) is 3.57 Å². The summed E-state index contributed by atoms with van der Waals surface area (Å²) >= 11 is 2.09. The van der Waals surface area contributed by atoms with Crippen LogP contribution in [0.2, 0.25) is 0 Å². The van der Waals surface area contributed by atoms with E-state index < -0.39 is 0 Å². The minimum atomic E-state index is -0.301. The number of halogens is 1. The Kier molecular flexibility index (Phi) is 6.14. The van der Waals surface area contributed by atoms with Crippen LogP contribution in [0.1, 0.15) is 17.3 Å². The standard InChI is InChI=1S/C13H16INO3/c1-9(2)8-18-6-5-15-13(17)11-7-10(14)3-4-12(11)16/h3-4,7,16H,1,5-6,8H2,2H3,(H,15,17). The molecule has 0 aliphatic heterocycles. The zero-order valence-electron chi connectivity index (χ0n) is 10.2. The summed E-state index contributed by atoms with van der Waals surface area (Å²) in [6.07, 6.45) is 0. The van der Waals surface area contributed by atoms with E-state index in [0.717, 1.165) is 9.14 Å². The Morgan fingerprint density at radius 2 is 2.28 bits per heavy atom. The van der Waals surface area contributed by atoms with Gasteiger partial charge in [0.2, 0.25) is 0 Å². The van der Waals surface area contributed by atoms with Crippen LogP contribution < -0.4 is 5.32 Å². The first-order chi connectivity index (χ1) is 8.50. The van der Waals surface area contributed by atoms with Gasteiger partial charge in [0.25, 0.3) is 5.91 Å². The lowest BCUT2D eigenvalue weighted by molar-refractivity contribution is 0.0924. The molecular weight excluding hydrogens is 345 g/mol. The van der Waals surface area contributed by atoms with Crippen molar-refractivity contribution in [2.45, 2.75) is 6.92 Å². The topological polar surface area (TPSA) is 58.6 Å². The Morgan fingerprint density at radius 1 is 1.56 bits per heavy atom. The third-order valence-electron chi connectivity index (χ3n) is 2.08. The highest BCUT2D eigenvalue weighted by Crippen LogP contribution is 2.19. The lowest BCUT2D eigenvalue weighted by Gasteiger charge is -2.08. The molecule has 1 aromatic carbocycles. The molecular formula is C13H16INO3. The number of nitrogens with one attached hydrogen (secondary N) is 1. The largest absolute Gasteiger partial charge is 0.507 e.